The Balaban J connectivity index is 2.80. The van der Waals surface area contributed by atoms with Gasteiger partial charge in [0.25, 0.3) is 0 Å². The topological polar surface area (TPSA) is 20.2 Å². The molecule has 78 valence electrons. The Hall–Kier alpha value is -1.50. The maximum atomic E-state index is 9.52. The van der Waals surface area contributed by atoms with Crippen LogP contribution in [-0.2, 0) is 5.41 Å². The second-order valence-corrected chi connectivity index (χ2v) is 4.96. The predicted molar refractivity (Wildman–Crippen MR) is 64.3 cm³/mol. The fourth-order valence-electron chi connectivity index (χ4n) is 1.91. The van der Waals surface area contributed by atoms with Crippen LogP contribution in [-0.4, -0.2) is 5.11 Å². The first kappa shape index (κ1) is 10.0. The van der Waals surface area contributed by atoms with Crippen molar-refractivity contribution >= 4 is 10.8 Å². The Morgan fingerprint density at radius 1 is 1.00 bits per heavy atom. The molecule has 2 aromatic rings. The first-order valence-corrected chi connectivity index (χ1v) is 5.21. The smallest absolute Gasteiger partial charge is 0.116 e. The number of phenolic OH excluding ortho intramolecular Hbond substituents is 1. The molecular weight excluding hydrogens is 184 g/mol. The highest BCUT2D eigenvalue weighted by Gasteiger charge is 2.16. The van der Waals surface area contributed by atoms with Crippen molar-refractivity contribution in [2.45, 2.75) is 26.2 Å². The van der Waals surface area contributed by atoms with Gasteiger partial charge in [0.1, 0.15) is 5.75 Å². The van der Waals surface area contributed by atoms with E-state index >= 15 is 0 Å². The van der Waals surface area contributed by atoms with Crippen LogP contribution in [0.4, 0.5) is 0 Å². The van der Waals surface area contributed by atoms with Gasteiger partial charge in [-0.2, -0.15) is 0 Å². The summed E-state index contributed by atoms with van der Waals surface area (Å²) in [4.78, 5) is 0. The lowest BCUT2D eigenvalue weighted by Crippen LogP contribution is -2.11. The maximum absolute atomic E-state index is 9.52. The van der Waals surface area contributed by atoms with E-state index in [-0.39, 0.29) is 5.41 Å². The normalized spacial score (nSPS) is 11.9. The molecule has 0 spiro atoms. The Kier molecular flexibility index (Phi) is 2.18. The first-order chi connectivity index (χ1) is 6.98. The van der Waals surface area contributed by atoms with E-state index < -0.39 is 0 Å². The SMILES string of the molecule is CC(C)(C)c1cccc2ccc(O)cc12. The molecule has 1 nitrogen and oxygen atoms in total. The molecule has 0 heterocycles. The minimum absolute atomic E-state index is 0.104. The molecule has 0 fully saturated rings. The summed E-state index contributed by atoms with van der Waals surface area (Å²) in [6.45, 7) is 6.56. The van der Waals surface area contributed by atoms with Gasteiger partial charge in [-0.25, -0.2) is 0 Å². The summed E-state index contributed by atoms with van der Waals surface area (Å²) in [6.07, 6.45) is 0. The molecular formula is C14H16O. The summed E-state index contributed by atoms with van der Waals surface area (Å²) in [5, 5.41) is 11.8. The third-order valence-corrected chi connectivity index (χ3v) is 2.67. The first-order valence-electron chi connectivity index (χ1n) is 5.21. The van der Waals surface area contributed by atoms with E-state index in [0.717, 1.165) is 5.39 Å². The van der Waals surface area contributed by atoms with Gasteiger partial charge in [0.2, 0.25) is 0 Å². The molecule has 2 rings (SSSR count). The van der Waals surface area contributed by atoms with Crippen LogP contribution in [0.5, 0.6) is 5.75 Å². The van der Waals surface area contributed by atoms with Crippen molar-refractivity contribution in [2.75, 3.05) is 0 Å². The molecule has 0 bridgehead atoms. The summed E-state index contributed by atoms with van der Waals surface area (Å²) in [5.74, 6) is 0.333. The van der Waals surface area contributed by atoms with Crippen LogP contribution >= 0.6 is 0 Å². The number of hydrogen-bond donors (Lipinski definition) is 1. The molecule has 0 radical (unpaired) electrons. The van der Waals surface area contributed by atoms with Crippen molar-refractivity contribution in [1.82, 2.24) is 0 Å². The van der Waals surface area contributed by atoms with Crippen LogP contribution in [0.3, 0.4) is 0 Å². The average Bonchev–Trinajstić information content (AvgIpc) is 2.15. The van der Waals surface area contributed by atoms with Crippen LogP contribution in [0.2, 0.25) is 0 Å². The third-order valence-electron chi connectivity index (χ3n) is 2.67. The van der Waals surface area contributed by atoms with E-state index in [1.54, 1.807) is 6.07 Å². The lowest BCUT2D eigenvalue weighted by atomic mass is 9.84. The van der Waals surface area contributed by atoms with Crippen LogP contribution in [0.1, 0.15) is 26.3 Å². The number of hydrogen-bond acceptors (Lipinski definition) is 1. The quantitative estimate of drug-likeness (QED) is 0.685. The zero-order valence-electron chi connectivity index (χ0n) is 9.41. The summed E-state index contributed by atoms with van der Waals surface area (Å²) in [6, 6.07) is 11.8. The molecule has 0 aliphatic carbocycles. The van der Waals surface area contributed by atoms with E-state index in [1.165, 1.54) is 10.9 Å². The molecule has 15 heavy (non-hydrogen) atoms. The van der Waals surface area contributed by atoms with Gasteiger partial charge in [0.15, 0.2) is 0 Å². The van der Waals surface area contributed by atoms with Gasteiger partial charge in [0, 0.05) is 0 Å². The van der Waals surface area contributed by atoms with E-state index in [1.807, 2.05) is 12.1 Å². The molecule has 0 unspecified atom stereocenters. The fraction of sp³-hybridized carbons (Fsp3) is 0.286. The van der Waals surface area contributed by atoms with Crippen molar-refractivity contribution < 1.29 is 5.11 Å². The number of phenols is 1. The molecule has 0 aliphatic rings. The zero-order chi connectivity index (χ0) is 11.1. The van der Waals surface area contributed by atoms with Crippen molar-refractivity contribution in [1.29, 1.82) is 0 Å². The fourth-order valence-corrected chi connectivity index (χ4v) is 1.91. The Labute approximate surface area is 90.4 Å². The summed E-state index contributed by atoms with van der Waals surface area (Å²) < 4.78 is 0. The number of rotatable bonds is 0. The second kappa shape index (κ2) is 3.27. The van der Waals surface area contributed by atoms with Gasteiger partial charge >= 0.3 is 0 Å². The highest BCUT2D eigenvalue weighted by Crippen LogP contribution is 2.31. The number of fused-ring (bicyclic) bond motifs is 1. The van der Waals surface area contributed by atoms with Gasteiger partial charge in [-0.3, -0.25) is 0 Å². The number of benzene rings is 2. The lowest BCUT2D eigenvalue weighted by Gasteiger charge is -2.21. The molecule has 0 saturated heterocycles. The molecule has 1 heteroatoms. The van der Waals surface area contributed by atoms with Gasteiger partial charge in [0.05, 0.1) is 0 Å². The second-order valence-electron chi connectivity index (χ2n) is 4.96. The Morgan fingerprint density at radius 2 is 1.73 bits per heavy atom. The highest BCUT2D eigenvalue weighted by atomic mass is 16.3. The van der Waals surface area contributed by atoms with Crippen molar-refractivity contribution in [2.24, 2.45) is 0 Å². The summed E-state index contributed by atoms with van der Waals surface area (Å²) in [7, 11) is 0. The molecule has 0 aliphatic heterocycles. The Morgan fingerprint density at radius 3 is 2.40 bits per heavy atom. The van der Waals surface area contributed by atoms with E-state index in [0.29, 0.717) is 5.75 Å². The van der Waals surface area contributed by atoms with Crippen LogP contribution in [0.15, 0.2) is 36.4 Å². The van der Waals surface area contributed by atoms with Crippen molar-refractivity contribution in [3.05, 3.63) is 42.0 Å². The van der Waals surface area contributed by atoms with E-state index in [2.05, 4.69) is 39.0 Å². The molecule has 2 aromatic carbocycles. The maximum Gasteiger partial charge on any atom is 0.116 e. The van der Waals surface area contributed by atoms with Crippen molar-refractivity contribution in [3.8, 4) is 5.75 Å². The van der Waals surface area contributed by atoms with Crippen LogP contribution in [0, 0.1) is 0 Å². The molecule has 1 N–H and O–H groups in total. The summed E-state index contributed by atoms with van der Waals surface area (Å²) in [5.41, 5.74) is 1.38. The lowest BCUT2D eigenvalue weighted by molar-refractivity contribution is 0.476. The largest absolute Gasteiger partial charge is 0.508 e. The monoisotopic (exact) mass is 200 g/mol. The number of aromatic hydroxyl groups is 1. The Bertz CT molecular complexity index is 492. The average molecular weight is 200 g/mol. The minimum atomic E-state index is 0.104. The van der Waals surface area contributed by atoms with E-state index in [4.69, 9.17) is 0 Å². The molecule has 0 atom stereocenters. The summed E-state index contributed by atoms with van der Waals surface area (Å²) >= 11 is 0. The van der Waals surface area contributed by atoms with Crippen LogP contribution in [0.25, 0.3) is 10.8 Å². The third kappa shape index (κ3) is 1.82. The van der Waals surface area contributed by atoms with Gasteiger partial charge in [-0.1, -0.05) is 45.0 Å². The van der Waals surface area contributed by atoms with E-state index in [9.17, 15) is 5.11 Å². The zero-order valence-corrected chi connectivity index (χ0v) is 9.41. The van der Waals surface area contributed by atoms with Crippen LogP contribution < -0.4 is 0 Å². The minimum Gasteiger partial charge on any atom is -0.508 e. The molecule has 0 saturated carbocycles. The van der Waals surface area contributed by atoms with Crippen molar-refractivity contribution in [3.63, 3.8) is 0 Å². The highest BCUT2D eigenvalue weighted by molar-refractivity contribution is 5.87. The molecule has 0 amide bonds. The predicted octanol–water partition coefficient (Wildman–Crippen LogP) is 3.84. The van der Waals surface area contributed by atoms with Gasteiger partial charge < -0.3 is 5.11 Å². The van der Waals surface area contributed by atoms with Gasteiger partial charge in [-0.05, 0) is 33.9 Å². The molecule has 0 aromatic heterocycles. The standard InChI is InChI=1S/C14H16O/c1-14(2,3)13-6-4-5-10-7-8-11(15)9-12(10)13/h4-9,15H,1-3H3. The van der Waals surface area contributed by atoms with Gasteiger partial charge in [-0.15, -0.1) is 0 Å².